The Morgan fingerprint density at radius 3 is 2.48 bits per heavy atom. The van der Waals surface area contributed by atoms with E-state index in [-0.39, 0.29) is 12.5 Å². The van der Waals surface area contributed by atoms with Gasteiger partial charge in [-0.15, -0.1) is 0 Å². The molecule has 0 unspecified atom stereocenters. The molecule has 0 aliphatic heterocycles. The van der Waals surface area contributed by atoms with E-state index in [2.05, 4.69) is 10.4 Å². The van der Waals surface area contributed by atoms with Crippen molar-refractivity contribution in [2.24, 2.45) is 0 Å². The number of benzene rings is 2. The number of carbonyl (C=O) groups is 2. The van der Waals surface area contributed by atoms with Crippen molar-refractivity contribution in [2.75, 3.05) is 14.2 Å². The fraction of sp³-hybridized carbons (Fsp3) is 0.227. The van der Waals surface area contributed by atoms with Gasteiger partial charge < -0.3 is 14.8 Å². The van der Waals surface area contributed by atoms with Crippen LogP contribution in [0.3, 0.4) is 0 Å². The molecule has 0 saturated carbocycles. The van der Waals surface area contributed by atoms with Crippen molar-refractivity contribution in [3.63, 3.8) is 0 Å². The Kier molecular flexibility index (Phi) is 6.29. The quantitative estimate of drug-likeness (QED) is 0.624. The summed E-state index contributed by atoms with van der Waals surface area (Å²) in [5, 5.41) is 7.27. The number of aromatic nitrogens is 2. The molecule has 7 nitrogen and oxygen atoms in total. The van der Waals surface area contributed by atoms with Gasteiger partial charge in [-0.05, 0) is 36.2 Å². The SMILES string of the molecule is CCc1c(C(=O)NCc2ccc(OC)c(C(=O)OC)c2)cnn1-c1ccccc1. The number of ether oxygens (including phenoxy) is 2. The highest BCUT2D eigenvalue weighted by molar-refractivity contribution is 5.95. The van der Waals surface area contributed by atoms with Gasteiger partial charge in [-0.3, -0.25) is 4.79 Å². The summed E-state index contributed by atoms with van der Waals surface area (Å²) in [6, 6.07) is 14.8. The molecule has 0 aliphatic rings. The molecule has 0 bridgehead atoms. The number of para-hydroxylation sites is 1. The second kappa shape index (κ2) is 9.05. The molecular weight excluding hydrogens is 370 g/mol. The normalized spacial score (nSPS) is 10.4. The summed E-state index contributed by atoms with van der Waals surface area (Å²) in [5.41, 5.74) is 3.33. The first-order valence-electron chi connectivity index (χ1n) is 9.24. The topological polar surface area (TPSA) is 82.4 Å². The van der Waals surface area contributed by atoms with Crippen molar-refractivity contribution in [3.05, 3.63) is 77.1 Å². The van der Waals surface area contributed by atoms with E-state index in [0.717, 1.165) is 16.9 Å². The maximum Gasteiger partial charge on any atom is 0.341 e. The van der Waals surface area contributed by atoms with Crippen LogP contribution in [-0.2, 0) is 17.7 Å². The molecule has 1 aromatic heterocycles. The van der Waals surface area contributed by atoms with Crippen LogP contribution in [-0.4, -0.2) is 35.9 Å². The number of rotatable bonds is 7. The second-order valence-electron chi connectivity index (χ2n) is 6.31. The summed E-state index contributed by atoms with van der Waals surface area (Å²) in [6.45, 7) is 2.24. The van der Waals surface area contributed by atoms with E-state index < -0.39 is 5.97 Å². The Morgan fingerprint density at radius 2 is 1.83 bits per heavy atom. The van der Waals surface area contributed by atoms with E-state index in [1.807, 2.05) is 37.3 Å². The highest BCUT2D eigenvalue weighted by Gasteiger charge is 2.18. The van der Waals surface area contributed by atoms with Gasteiger partial charge in [0.1, 0.15) is 11.3 Å². The number of nitrogens with zero attached hydrogens (tertiary/aromatic N) is 2. The Labute approximate surface area is 169 Å². The van der Waals surface area contributed by atoms with Crippen molar-refractivity contribution >= 4 is 11.9 Å². The minimum Gasteiger partial charge on any atom is -0.496 e. The minimum absolute atomic E-state index is 0.223. The molecule has 29 heavy (non-hydrogen) atoms. The van der Waals surface area contributed by atoms with E-state index in [9.17, 15) is 9.59 Å². The standard InChI is InChI=1S/C22H23N3O4/c1-4-19-18(14-24-25(19)16-8-6-5-7-9-16)21(26)23-13-15-10-11-20(28-2)17(12-15)22(27)29-3/h5-12,14H,4,13H2,1-3H3,(H,23,26). The summed E-state index contributed by atoms with van der Waals surface area (Å²) in [4.78, 5) is 24.7. The minimum atomic E-state index is -0.493. The lowest BCUT2D eigenvalue weighted by Crippen LogP contribution is -2.24. The number of methoxy groups -OCH3 is 2. The van der Waals surface area contributed by atoms with E-state index in [1.165, 1.54) is 14.2 Å². The van der Waals surface area contributed by atoms with Crippen LogP contribution < -0.4 is 10.1 Å². The molecule has 0 spiro atoms. The summed E-state index contributed by atoms with van der Waals surface area (Å²) in [7, 11) is 2.80. The first kappa shape index (κ1) is 20.1. The molecule has 1 heterocycles. The molecule has 3 aromatic rings. The predicted octanol–water partition coefficient (Wildman–Crippen LogP) is 3.16. The van der Waals surface area contributed by atoms with E-state index >= 15 is 0 Å². The lowest BCUT2D eigenvalue weighted by molar-refractivity contribution is 0.0597. The van der Waals surface area contributed by atoms with Crippen LogP contribution in [0, 0.1) is 0 Å². The zero-order valence-electron chi connectivity index (χ0n) is 16.6. The van der Waals surface area contributed by atoms with Gasteiger partial charge >= 0.3 is 5.97 Å². The fourth-order valence-electron chi connectivity index (χ4n) is 3.11. The Morgan fingerprint density at radius 1 is 1.07 bits per heavy atom. The van der Waals surface area contributed by atoms with Gasteiger partial charge in [-0.1, -0.05) is 31.2 Å². The third-order valence-electron chi connectivity index (χ3n) is 4.57. The van der Waals surface area contributed by atoms with Gasteiger partial charge in [0, 0.05) is 6.54 Å². The Balaban J connectivity index is 1.78. The average Bonchev–Trinajstić information content (AvgIpc) is 3.21. The van der Waals surface area contributed by atoms with Gasteiger partial charge in [0.2, 0.25) is 0 Å². The van der Waals surface area contributed by atoms with Gasteiger partial charge in [0.25, 0.3) is 5.91 Å². The molecule has 1 amide bonds. The van der Waals surface area contributed by atoms with Crippen molar-refractivity contribution in [3.8, 4) is 11.4 Å². The highest BCUT2D eigenvalue weighted by Crippen LogP contribution is 2.21. The first-order chi connectivity index (χ1) is 14.1. The zero-order chi connectivity index (χ0) is 20.8. The summed E-state index contributed by atoms with van der Waals surface area (Å²) in [6.07, 6.45) is 2.24. The van der Waals surface area contributed by atoms with Crippen molar-refractivity contribution < 1.29 is 19.1 Å². The molecule has 0 atom stereocenters. The van der Waals surface area contributed by atoms with E-state index in [0.29, 0.717) is 23.3 Å². The number of esters is 1. The highest BCUT2D eigenvalue weighted by atomic mass is 16.5. The van der Waals surface area contributed by atoms with E-state index in [4.69, 9.17) is 9.47 Å². The van der Waals surface area contributed by atoms with Gasteiger partial charge in [-0.2, -0.15) is 5.10 Å². The van der Waals surface area contributed by atoms with Crippen molar-refractivity contribution in [1.29, 1.82) is 0 Å². The smallest absolute Gasteiger partial charge is 0.341 e. The molecule has 1 N–H and O–H groups in total. The number of amides is 1. The molecule has 0 radical (unpaired) electrons. The number of hydrogen-bond acceptors (Lipinski definition) is 5. The molecular formula is C22H23N3O4. The molecule has 150 valence electrons. The Bertz CT molecular complexity index is 1010. The van der Waals surface area contributed by atoms with Gasteiger partial charge in [0.15, 0.2) is 0 Å². The molecule has 0 fully saturated rings. The van der Waals surface area contributed by atoms with Crippen LogP contribution in [0.25, 0.3) is 5.69 Å². The third-order valence-corrected chi connectivity index (χ3v) is 4.57. The third kappa shape index (κ3) is 4.29. The number of nitrogens with one attached hydrogen (secondary N) is 1. The van der Waals surface area contributed by atoms with Crippen molar-refractivity contribution in [1.82, 2.24) is 15.1 Å². The number of carbonyl (C=O) groups excluding carboxylic acids is 2. The zero-order valence-corrected chi connectivity index (χ0v) is 16.6. The molecule has 7 heteroatoms. The van der Waals surface area contributed by atoms with Crippen LogP contribution in [0.15, 0.2) is 54.7 Å². The van der Waals surface area contributed by atoms with E-state index in [1.54, 1.807) is 29.1 Å². The van der Waals surface area contributed by atoms with Crippen LogP contribution in [0.1, 0.15) is 38.9 Å². The van der Waals surface area contributed by atoms with Crippen LogP contribution in [0.4, 0.5) is 0 Å². The second-order valence-corrected chi connectivity index (χ2v) is 6.31. The molecule has 2 aromatic carbocycles. The maximum absolute atomic E-state index is 12.8. The van der Waals surface area contributed by atoms with Gasteiger partial charge in [0.05, 0.1) is 37.4 Å². The molecule has 0 saturated heterocycles. The maximum atomic E-state index is 12.8. The molecule has 0 aliphatic carbocycles. The summed E-state index contributed by atoms with van der Waals surface area (Å²) < 4.78 is 11.8. The fourth-order valence-corrected chi connectivity index (χ4v) is 3.11. The van der Waals surface area contributed by atoms with Crippen molar-refractivity contribution in [2.45, 2.75) is 19.9 Å². The largest absolute Gasteiger partial charge is 0.496 e. The summed E-state index contributed by atoms with van der Waals surface area (Å²) >= 11 is 0. The lowest BCUT2D eigenvalue weighted by atomic mass is 10.1. The predicted molar refractivity (Wildman–Crippen MR) is 108 cm³/mol. The summed E-state index contributed by atoms with van der Waals surface area (Å²) in [5.74, 6) is -0.295. The Hall–Kier alpha value is -3.61. The average molecular weight is 393 g/mol. The van der Waals surface area contributed by atoms with Crippen LogP contribution in [0.5, 0.6) is 5.75 Å². The van der Waals surface area contributed by atoms with Crippen LogP contribution >= 0.6 is 0 Å². The monoisotopic (exact) mass is 393 g/mol. The lowest BCUT2D eigenvalue weighted by Gasteiger charge is -2.11. The van der Waals surface area contributed by atoms with Gasteiger partial charge in [-0.25, -0.2) is 9.48 Å². The van der Waals surface area contributed by atoms with Crippen LogP contribution in [0.2, 0.25) is 0 Å². The number of hydrogen-bond donors (Lipinski definition) is 1. The first-order valence-corrected chi connectivity index (χ1v) is 9.24. The molecule has 3 rings (SSSR count).